The van der Waals surface area contributed by atoms with Gasteiger partial charge < -0.3 is 10.1 Å². The zero-order valence-electron chi connectivity index (χ0n) is 13.8. The van der Waals surface area contributed by atoms with E-state index in [0.29, 0.717) is 23.6 Å². The molecule has 5 rings (SSSR count). The van der Waals surface area contributed by atoms with E-state index in [-0.39, 0.29) is 0 Å². The minimum atomic E-state index is 0.301. The summed E-state index contributed by atoms with van der Waals surface area (Å²) in [6.07, 6.45) is 2.21. The molecule has 26 heavy (non-hydrogen) atoms. The molecule has 0 radical (unpaired) electrons. The van der Waals surface area contributed by atoms with Crippen molar-refractivity contribution in [3.05, 3.63) is 59.2 Å². The quantitative estimate of drug-likeness (QED) is 0.545. The van der Waals surface area contributed by atoms with Crippen LogP contribution in [0, 0.1) is 0 Å². The molecule has 0 aliphatic heterocycles. The standard InChI is InChI=1S/C19H15N5OS/c1-2-4-14-9-15(8-7-12(14)3-1)25-19-23-17(13-5-6-13)22-18(24-19)21-16-10-26-11-20-16/h1-4,7-11,13H,5-6H2,(H,21,22,23,24). The molecule has 0 unspecified atom stereocenters. The first kappa shape index (κ1) is 15.2. The van der Waals surface area contributed by atoms with Crippen LogP contribution in [0.3, 0.4) is 0 Å². The van der Waals surface area contributed by atoms with Crippen molar-refractivity contribution in [3.8, 4) is 11.8 Å². The van der Waals surface area contributed by atoms with E-state index in [4.69, 9.17) is 4.74 Å². The molecule has 1 aliphatic rings. The predicted molar refractivity (Wildman–Crippen MR) is 101 cm³/mol. The SMILES string of the molecule is c1ccc2cc(Oc3nc(Nc4cscn4)nc(C4CC4)n3)ccc2c1. The van der Waals surface area contributed by atoms with Crippen LogP contribution in [0.5, 0.6) is 11.8 Å². The summed E-state index contributed by atoms with van der Waals surface area (Å²) in [7, 11) is 0. The minimum absolute atomic E-state index is 0.301. The molecule has 2 heterocycles. The van der Waals surface area contributed by atoms with E-state index < -0.39 is 0 Å². The fourth-order valence-electron chi connectivity index (χ4n) is 2.72. The largest absolute Gasteiger partial charge is 0.424 e. The number of benzene rings is 2. The molecular formula is C19H15N5OS. The maximum Gasteiger partial charge on any atom is 0.327 e. The second-order valence-electron chi connectivity index (χ2n) is 6.18. The molecule has 1 saturated carbocycles. The molecule has 0 atom stereocenters. The molecule has 7 heteroatoms. The van der Waals surface area contributed by atoms with Crippen molar-refractivity contribution in [1.29, 1.82) is 0 Å². The summed E-state index contributed by atoms with van der Waals surface area (Å²) in [6, 6.07) is 14.4. The fraction of sp³-hybridized carbons (Fsp3) is 0.158. The number of rotatable bonds is 5. The number of anilines is 2. The Morgan fingerprint density at radius 2 is 1.88 bits per heavy atom. The lowest BCUT2D eigenvalue weighted by Gasteiger charge is -2.09. The van der Waals surface area contributed by atoms with E-state index >= 15 is 0 Å². The lowest BCUT2D eigenvalue weighted by atomic mass is 10.1. The zero-order chi connectivity index (χ0) is 17.3. The Morgan fingerprint density at radius 3 is 2.69 bits per heavy atom. The Hall–Kier alpha value is -3.06. The Bertz CT molecular complexity index is 1060. The molecule has 1 aliphatic carbocycles. The van der Waals surface area contributed by atoms with Crippen molar-refractivity contribution >= 4 is 33.9 Å². The summed E-state index contributed by atoms with van der Waals surface area (Å²) in [4.78, 5) is 17.6. The van der Waals surface area contributed by atoms with Crippen LogP contribution in [-0.2, 0) is 0 Å². The molecule has 0 bridgehead atoms. The molecule has 2 aromatic heterocycles. The average Bonchev–Trinajstić information content (AvgIpc) is 3.39. The molecular weight excluding hydrogens is 346 g/mol. The summed E-state index contributed by atoms with van der Waals surface area (Å²) in [5.74, 6) is 3.06. The van der Waals surface area contributed by atoms with Crippen molar-refractivity contribution in [1.82, 2.24) is 19.9 Å². The van der Waals surface area contributed by atoms with Gasteiger partial charge >= 0.3 is 6.01 Å². The number of thiazole rings is 1. The second-order valence-corrected chi connectivity index (χ2v) is 6.90. The Morgan fingerprint density at radius 1 is 1.00 bits per heavy atom. The van der Waals surface area contributed by atoms with Crippen molar-refractivity contribution in [2.24, 2.45) is 0 Å². The topological polar surface area (TPSA) is 72.8 Å². The normalized spacial score (nSPS) is 13.7. The van der Waals surface area contributed by atoms with Crippen LogP contribution in [0.15, 0.2) is 53.4 Å². The molecule has 0 saturated heterocycles. The highest BCUT2D eigenvalue weighted by molar-refractivity contribution is 7.07. The number of hydrogen-bond acceptors (Lipinski definition) is 7. The molecule has 6 nitrogen and oxygen atoms in total. The lowest BCUT2D eigenvalue weighted by Crippen LogP contribution is -2.05. The van der Waals surface area contributed by atoms with Gasteiger partial charge in [0.2, 0.25) is 5.95 Å². The fourth-order valence-corrected chi connectivity index (χ4v) is 3.21. The van der Waals surface area contributed by atoms with Gasteiger partial charge in [0.05, 0.1) is 5.51 Å². The van der Waals surface area contributed by atoms with Gasteiger partial charge in [-0.05, 0) is 35.7 Å². The van der Waals surface area contributed by atoms with E-state index in [1.807, 2.05) is 35.7 Å². The van der Waals surface area contributed by atoms with E-state index in [9.17, 15) is 0 Å². The molecule has 128 valence electrons. The number of aromatic nitrogens is 4. The van der Waals surface area contributed by atoms with Crippen LogP contribution < -0.4 is 10.1 Å². The first-order chi connectivity index (χ1) is 12.8. The van der Waals surface area contributed by atoms with Gasteiger partial charge in [0, 0.05) is 11.3 Å². The first-order valence-corrected chi connectivity index (χ1v) is 9.36. The van der Waals surface area contributed by atoms with Crippen molar-refractivity contribution in [2.75, 3.05) is 5.32 Å². The van der Waals surface area contributed by atoms with Crippen molar-refractivity contribution in [2.45, 2.75) is 18.8 Å². The summed E-state index contributed by atoms with van der Waals surface area (Å²) in [6.45, 7) is 0. The average molecular weight is 361 g/mol. The highest BCUT2D eigenvalue weighted by atomic mass is 32.1. The molecule has 4 aromatic rings. The number of nitrogens with one attached hydrogen (secondary N) is 1. The van der Waals surface area contributed by atoms with Crippen LogP contribution in [-0.4, -0.2) is 19.9 Å². The van der Waals surface area contributed by atoms with Gasteiger partial charge in [-0.25, -0.2) is 4.98 Å². The van der Waals surface area contributed by atoms with Crippen LogP contribution in [0.2, 0.25) is 0 Å². The summed E-state index contributed by atoms with van der Waals surface area (Å²) in [5.41, 5.74) is 1.76. The van der Waals surface area contributed by atoms with Crippen molar-refractivity contribution in [3.63, 3.8) is 0 Å². The summed E-state index contributed by atoms with van der Waals surface area (Å²) in [5, 5.41) is 7.31. The highest BCUT2D eigenvalue weighted by Crippen LogP contribution is 2.39. The third kappa shape index (κ3) is 3.21. The zero-order valence-corrected chi connectivity index (χ0v) is 14.6. The lowest BCUT2D eigenvalue weighted by molar-refractivity contribution is 0.438. The first-order valence-electron chi connectivity index (χ1n) is 8.41. The maximum absolute atomic E-state index is 5.94. The van der Waals surface area contributed by atoms with Gasteiger partial charge in [-0.15, -0.1) is 11.3 Å². The second kappa shape index (κ2) is 6.34. The summed E-state index contributed by atoms with van der Waals surface area (Å²) >= 11 is 1.51. The van der Waals surface area contributed by atoms with Gasteiger partial charge in [-0.2, -0.15) is 15.0 Å². The van der Waals surface area contributed by atoms with Gasteiger partial charge in [-0.1, -0.05) is 30.3 Å². The van der Waals surface area contributed by atoms with E-state index in [0.717, 1.165) is 29.9 Å². The Labute approximate surface area is 153 Å². The van der Waals surface area contributed by atoms with E-state index in [1.165, 1.54) is 16.7 Å². The minimum Gasteiger partial charge on any atom is -0.424 e. The maximum atomic E-state index is 5.94. The summed E-state index contributed by atoms with van der Waals surface area (Å²) < 4.78 is 5.94. The Kier molecular flexibility index (Phi) is 3.71. The smallest absolute Gasteiger partial charge is 0.327 e. The van der Waals surface area contributed by atoms with Crippen LogP contribution >= 0.6 is 11.3 Å². The van der Waals surface area contributed by atoms with Crippen molar-refractivity contribution < 1.29 is 4.74 Å². The van der Waals surface area contributed by atoms with Gasteiger partial charge in [-0.3, -0.25) is 0 Å². The van der Waals surface area contributed by atoms with Gasteiger partial charge in [0.15, 0.2) is 0 Å². The molecule has 0 spiro atoms. The third-order valence-electron chi connectivity index (χ3n) is 4.18. The number of ether oxygens (including phenoxy) is 1. The number of hydrogen-bond donors (Lipinski definition) is 1. The predicted octanol–water partition coefficient (Wildman–Crippen LogP) is 4.89. The number of nitrogens with zero attached hydrogens (tertiary/aromatic N) is 4. The van der Waals surface area contributed by atoms with Crippen LogP contribution in [0.1, 0.15) is 24.6 Å². The molecule has 1 fully saturated rings. The number of fused-ring (bicyclic) bond motifs is 1. The molecule has 1 N–H and O–H groups in total. The van der Waals surface area contributed by atoms with Crippen LogP contribution in [0.25, 0.3) is 10.8 Å². The third-order valence-corrected chi connectivity index (χ3v) is 4.76. The van der Waals surface area contributed by atoms with E-state index in [1.54, 1.807) is 5.51 Å². The van der Waals surface area contributed by atoms with E-state index in [2.05, 4.69) is 37.4 Å². The van der Waals surface area contributed by atoms with Crippen LogP contribution in [0.4, 0.5) is 11.8 Å². The molecule has 2 aromatic carbocycles. The Balaban J connectivity index is 1.47. The van der Waals surface area contributed by atoms with Gasteiger partial charge in [0.1, 0.15) is 17.4 Å². The van der Waals surface area contributed by atoms with Gasteiger partial charge in [0.25, 0.3) is 0 Å². The monoisotopic (exact) mass is 361 g/mol. The molecule has 0 amide bonds. The highest BCUT2D eigenvalue weighted by Gasteiger charge is 2.28.